The van der Waals surface area contributed by atoms with E-state index in [-0.39, 0.29) is 31.4 Å². The Morgan fingerprint density at radius 1 is 1.19 bits per heavy atom. The summed E-state index contributed by atoms with van der Waals surface area (Å²) < 4.78 is 12.1. The van der Waals surface area contributed by atoms with E-state index in [4.69, 9.17) is 9.47 Å². The van der Waals surface area contributed by atoms with Crippen LogP contribution in [0.15, 0.2) is 30.5 Å². The van der Waals surface area contributed by atoms with Gasteiger partial charge in [0.05, 0.1) is 13.3 Å². The molecule has 0 radical (unpaired) electrons. The largest absolute Gasteiger partial charge is 0.497 e. The summed E-state index contributed by atoms with van der Waals surface area (Å²) in [7, 11) is 1.60. The van der Waals surface area contributed by atoms with Crippen LogP contribution in [-0.4, -0.2) is 46.5 Å². The molecule has 1 fully saturated rings. The molecule has 1 heterocycles. The Morgan fingerprint density at radius 2 is 1.93 bits per heavy atom. The minimum Gasteiger partial charge on any atom is -0.497 e. The zero-order chi connectivity index (χ0) is 19.1. The fraction of sp³-hybridized carbons (Fsp3) is 0.444. The van der Waals surface area contributed by atoms with E-state index in [1.165, 1.54) is 4.68 Å². The van der Waals surface area contributed by atoms with Gasteiger partial charge in [0, 0.05) is 19.0 Å². The molecule has 1 aliphatic rings. The minimum absolute atomic E-state index is 0.0310. The van der Waals surface area contributed by atoms with Crippen LogP contribution < -0.4 is 20.1 Å². The summed E-state index contributed by atoms with van der Waals surface area (Å²) in [6.07, 6.45) is 4.03. The van der Waals surface area contributed by atoms with Gasteiger partial charge >= 0.3 is 0 Å². The van der Waals surface area contributed by atoms with Gasteiger partial charge in [-0.05, 0) is 37.1 Å². The predicted octanol–water partition coefficient (Wildman–Crippen LogP) is 0.651. The highest BCUT2D eigenvalue weighted by Gasteiger charge is 2.22. The van der Waals surface area contributed by atoms with Crippen molar-refractivity contribution < 1.29 is 19.1 Å². The smallest absolute Gasteiger partial charge is 0.241 e. The molecule has 2 N–H and O–H groups in total. The van der Waals surface area contributed by atoms with Gasteiger partial charge in [0.15, 0.2) is 0 Å². The van der Waals surface area contributed by atoms with Crippen LogP contribution in [0.5, 0.6) is 11.5 Å². The van der Waals surface area contributed by atoms with Gasteiger partial charge in [0.2, 0.25) is 11.8 Å². The molecule has 144 valence electrons. The number of aromatic nitrogens is 3. The Labute approximate surface area is 157 Å². The number of carbonyl (C=O) groups is 2. The zero-order valence-electron chi connectivity index (χ0n) is 15.2. The molecule has 27 heavy (non-hydrogen) atoms. The summed E-state index contributed by atoms with van der Waals surface area (Å²) in [5, 5.41) is 13.5. The van der Waals surface area contributed by atoms with Crippen molar-refractivity contribution in [1.29, 1.82) is 0 Å². The molecule has 1 aliphatic carbocycles. The van der Waals surface area contributed by atoms with Crippen LogP contribution in [0, 0.1) is 0 Å². The van der Waals surface area contributed by atoms with E-state index in [1.54, 1.807) is 37.6 Å². The van der Waals surface area contributed by atoms with Gasteiger partial charge in [-0.15, -0.1) is 5.10 Å². The van der Waals surface area contributed by atoms with E-state index in [2.05, 4.69) is 20.9 Å². The summed E-state index contributed by atoms with van der Waals surface area (Å²) in [4.78, 5) is 23.5. The highest BCUT2D eigenvalue weighted by atomic mass is 16.5. The van der Waals surface area contributed by atoms with Crippen molar-refractivity contribution in [3.63, 3.8) is 0 Å². The van der Waals surface area contributed by atoms with Gasteiger partial charge in [-0.3, -0.25) is 9.59 Å². The van der Waals surface area contributed by atoms with E-state index < -0.39 is 0 Å². The molecular formula is C18H23N5O4. The van der Waals surface area contributed by atoms with Crippen LogP contribution in [0.3, 0.4) is 0 Å². The second-order valence-electron chi connectivity index (χ2n) is 6.31. The Hall–Kier alpha value is -3.10. The summed E-state index contributed by atoms with van der Waals surface area (Å²) >= 11 is 0. The molecule has 0 spiro atoms. The molecule has 1 aromatic heterocycles. The van der Waals surface area contributed by atoms with Crippen LogP contribution >= 0.6 is 0 Å². The van der Waals surface area contributed by atoms with Crippen LogP contribution in [0.1, 0.15) is 25.0 Å². The lowest BCUT2D eigenvalue weighted by atomic mass is 10.3. The number of nitrogens with one attached hydrogen (secondary N) is 2. The van der Waals surface area contributed by atoms with Crippen molar-refractivity contribution in [1.82, 2.24) is 25.6 Å². The Balaban J connectivity index is 1.36. The first-order valence-electron chi connectivity index (χ1n) is 8.84. The molecule has 0 aliphatic heterocycles. The maximum Gasteiger partial charge on any atom is 0.241 e. The molecule has 2 amide bonds. The topological polar surface area (TPSA) is 107 Å². The number of benzene rings is 1. The Bertz CT molecular complexity index is 770. The maximum atomic E-state index is 11.9. The highest BCUT2D eigenvalue weighted by Crippen LogP contribution is 2.18. The van der Waals surface area contributed by atoms with E-state index in [0.29, 0.717) is 24.0 Å². The lowest BCUT2D eigenvalue weighted by molar-refractivity contribution is -0.122. The average Bonchev–Trinajstić information content (AvgIpc) is 3.36. The number of hydrogen-bond donors (Lipinski definition) is 2. The van der Waals surface area contributed by atoms with Crippen molar-refractivity contribution in [2.24, 2.45) is 0 Å². The molecule has 9 heteroatoms. The third-order valence-electron chi connectivity index (χ3n) is 3.95. The molecule has 0 saturated heterocycles. The summed E-state index contributed by atoms with van der Waals surface area (Å²) in [5.74, 6) is 1.19. The van der Waals surface area contributed by atoms with Crippen LogP contribution in [-0.2, 0) is 22.7 Å². The number of ether oxygens (including phenoxy) is 2. The van der Waals surface area contributed by atoms with Crippen molar-refractivity contribution in [2.45, 2.75) is 38.5 Å². The summed E-state index contributed by atoms with van der Waals surface area (Å²) in [6, 6.07) is 7.55. The van der Waals surface area contributed by atoms with Crippen molar-refractivity contribution in [2.75, 3.05) is 13.7 Å². The standard InChI is InChI=1S/C18H23N5O4/c1-26-15-4-6-16(7-5-15)27-12-14-10-23(22-21-14)11-18(25)19-9-8-17(24)20-13-2-3-13/h4-7,10,13H,2-3,8-9,11-12H2,1H3,(H,19,25)(H,20,24). The second-order valence-corrected chi connectivity index (χ2v) is 6.31. The van der Waals surface area contributed by atoms with E-state index in [0.717, 1.165) is 18.6 Å². The molecule has 2 aromatic rings. The molecule has 1 saturated carbocycles. The van der Waals surface area contributed by atoms with Gasteiger partial charge in [0.25, 0.3) is 0 Å². The van der Waals surface area contributed by atoms with Crippen LogP contribution in [0.2, 0.25) is 0 Å². The number of rotatable bonds is 10. The average molecular weight is 373 g/mol. The van der Waals surface area contributed by atoms with Gasteiger partial charge in [0.1, 0.15) is 30.3 Å². The van der Waals surface area contributed by atoms with Gasteiger partial charge in [-0.25, -0.2) is 4.68 Å². The first-order chi connectivity index (χ1) is 13.1. The lowest BCUT2D eigenvalue weighted by Crippen LogP contribution is -2.33. The minimum atomic E-state index is -0.221. The summed E-state index contributed by atoms with van der Waals surface area (Å²) in [6.45, 7) is 0.592. The molecular weight excluding hydrogens is 350 g/mol. The van der Waals surface area contributed by atoms with Crippen molar-refractivity contribution in [3.8, 4) is 11.5 Å². The Morgan fingerprint density at radius 3 is 2.63 bits per heavy atom. The molecule has 0 unspecified atom stereocenters. The maximum absolute atomic E-state index is 11.9. The number of amides is 2. The first-order valence-corrected chi connectivity index (χ1v) is 8.84. The molecule has 0 bridgehead atoms. The first kappa shape index (κ1) is 18.7. The van der Waals surface area contributed by atoms with Crippen molar-refractivity contribution >= 4 is 11.8 Å². The number of hydrogen-bond acceptors (Lipinski definition) is 6. The van der Waals surface area contributed by atoms with Gasteiger partial charge < -0.3 is 20.1 Å². The van der Waals surface area contributed by atoms with Gasteiger partial charge in [-0.2, -0.15) is 0 Å². The lowest BCUT2D eigenvalue weighted by Gasteiger charge is -2.06. The van der Waals surface area contributed by atoms with Crippen molar-refractivity contribution in [3.05, 3.63) is 36.2 Å². The van der Waals surface area contributed by atoms with Gasteiger partial charge in [-0.1, -0.05) is 5.21 Å². The van der Waals surface area contributed by atoms with E-state index in [1.807, 2.05) is 0 Å². The zero-order valence-corrected chi connectivity index (χ0v) is 15.2. The van der Waals surface area contributed by atoms with Crippen LogP contribution in [0.25, 0.3) is 0 Å². The molecule has 9 nitrogen and oxygen atoms in total. The Kier molecular flexibility index (Phi) is 6.24. The second kappa shape index (κ2) is 9.02. The molecule has 1 aromatic carbocycles. The van der Waals surface area contributed by atoms with E-state index in [9.17, 15) is 9.59 Å². The predicted molar refractivity (Wildman–Crippen MR) is 96.1 cm³/mol. The molecule has 0 atom stereocenters. The summed E-state index contributed by atoms with van der Waals surface area (Å²) in [5.41, 5.74) is 0.613. The molecule has 3 rings (SSSR count). The SMILES string of the molecule is COc1ccc(OCc2cn(CC(=O)NCCC(=O)NC3CC3)nn2)cc1. The fourth-order valence-corrected chi connectivity index (χ4v) is 2.36. The number of methoxy groups -OCH3 is 1. The monoisotopic (exact) mass is 373 g/mol. The quantitative estimate of drug-likeness (QED) is 0.633. The third-order valence-corrected chi connectivity index (χ3v) is 3.95. The van der Waals surface area contributed by atoms with E-state index >= 15 is 0 Å². The highest BCUT2D eigenvalue weighted by molar-refractivity contribution is 5.79. The number of nitrogens with zero attached hydrogens (tertiary/aromatic N) is 3. The fourth-order valence-electron chi connectivity index (χ4n) is 2.36. The number of carbonyl (C=O) groups excluding carboxylic acids is 2. The normalized spacial score (nSPS) is 13.1. The third kappa shape index (κ3) is 6.28. The van der Waals surface area contributed by atoms with Crippen LogP contribution in [0.4, 0.5) is 0 Å².